The molecule has 0 atom stereocenters. The number of anilines is 1. The maximum atomic E-state index is 12.7. The van der Waals surface area contributed by atoms with Gasteiger partial charge in [0.2, 0.25) is 5.91 Å². The van der Waals surface area contributed by atoms with Gasteiger partial charge in [-0.25, -0.2) is 4.98 Å². The molecule has 1 aliphatic rings. The Bertz CT molecular complexity index is 747. The summed E-state index contributed by atoms with van der Waals surface area (Å²) < 4.78 is 1.87. The zero-order valence-corrected chi connectivity index (χ0v) is 14.1. The van der Waals surface area contributed by atoms with Gasteiger partial charge in [-0.1, -0.05) is 0 Å². The van der Waals surface area contributed by atoms with Crippen LogP contribution in [0.4, 0.5) is 5.00 Å². The van der Waals surface area contributed by atoms with Crippen molar-refractivity contribution in [1.82, 2.24) is 14.9 Å². The maximum Gasteiger partial charge on any atom is 0.254 e. The smallest absolute Gasteiger partial charge is 0.254 e. The summed E-state index contributed by atoms with van der Waals surface area (Å²) in [4.78, 5) is 29.4. The number of nitrogens with zero attached hydrogens (tertiary/aromatic N) is 2. The number of thiophene rings is 1. The summed E-state index contributed by atoms with van der Waals surface area (Å²) in [6.07, 6.45) is 7.56. The fourth-order valence-electron chi connectivity index (χ4n) is 2.87. The molecule has 6 nitrogen and oxygen atoms in total. The minimum atomic E-state index is -0.149. The van der Waals surface area contributed by atoms with Crippen LogP contribution in [0.15, 0.2) is 12.5 Å². The van der Waals surface area contributed by atoms with Crippen LogP contribution in [0.3, 0.4) is 0 Å². The highest BCUT2D eigenvalue weighted by atomic mass is 32.1. The number of aromatic nitrogens is 2. The van der Waals surface area contributed by atoms with Gasteiger partial charge in [0.15, 0.2) is 0 Å². The lowest BCUT2D eigenvalue weighted by atomic mass is 9.95. The highest BCUT2D eigenvalue weighted by Crippen LogP contribution is 2.38. The molecule has 2 amide bonds. The minimum Gasteiger partial charge on any atom is -0.346 e. The zero-order valence-electron chi connectivity index (χ0n) is 13.3. The van der Waals surface area contributed by atoms with Crippen molar-refractivity contribution in [3.05, 3.63) is 34.2 Å². The Morgan fingerprint density at radius 1 is 1.35 bits per heavy atom. The summed E-state index contributed by atoms with van der Waals surface area (Å²) in [7, 11) is 1.89. The summed E-state index contributed by atoms with van der Waals surface area (Å²) in [6.45, 7) is 1.88. The topological polar surface area (TPSA) is 76.0 Å². The van der Waals surface area contributed by atoms with E-state index in [1.807, 2.05) is 11.6 Å². The molecule has 0 aliphatic heterocycles. The van der Waals surface area contributed by atoms with Crippen LogP contribution in [0.25, 0.3) is 0 Å². The second-order valence-corrected chi connectivity index (χ2v) is 6.88. The molecule has 0 aromatic carbocycles. The average molecular weight is 332 g/mol. The van der Waals surface area contributed by atoms with Crippen LogP contribution < -0.4 is 10.6 Å². The predicted octanol–water partition coefficient (Wildman–Crippen LogP) is 2.25. The van der Waals surface area contributed by atoms with Crippen molar-refractivity contribution in [3.8, 4) is 0 Å². The van der Waals surface area contributed by atoms with E-state index in [9.17, 15) is 9.59 Å². The summed E-state index contributed by atoms with van der Waals surface area (Å²) in [5.74, 6) is -0.279. The van der Waals surface area contributed by atoms with Gasteiger partial charge < -0.3 is 15.2 Å². The molecule has 0 saturated carbocycles. The fraction of sp³-hybridized carbons (Fsp3) is 0.438. The summed E-state index contributed by atoms with van der Waals surface area (Å²) in [5, 5.41) is 6.44. The van der Waals surface area contributed by atoms with Gasteiger partial charge in [0.05, 0.1) is 24.1 Å². The van der Waals surface area contributed by atoms with Gasteiger partial charge in [-0.3, -0.25) is 9.59 Å². The van der Waals surface area contributed by atoms with E-state index < -0.39 is 0 Å². The molecule has 2 N–H and O–H groups in total. The van der Waals surface area contributed by atoms with Crippen molar-refractivity contribution in [2.75, 3.05) is 5.32 Å². The Hall–Kier alpha value is -2.15. The lowest BCUT2D eigenvalue weighted by Crippen LogP contribution is -2.26. The van der Waals surface area contributed by atoms with Gasteiger partial charge in [-0.15, -0.1) is 11.3 Å². The van der Waals surface area contributed by atoms with E-state index in [0.29, 0.717) is 17.1 Å². The Morgan fingerprint density at radius 2 is 2.13 bits per heavy atom. The third-order valence-corrected chi connectivity index (χ3v) is 5.24. The Morgan fingerprint density at radius 3 is 2.83 bits per heavy atom. The quantitative estimate of drug-likeness (QED) is 0.901. The Balaban J connectivity index is 1.84. The van der Waals surface area contributed by atoms with Crippen LogP contribution in [-0.4, -0.2) is 21.4 Å². The molecular formula is C16H20N4O2S. The molecule has 7 heteroatoms. The maximum absolute atomic E-state index is 12.7. The standard InChI is InChI=1S/C16H20N4O2S/c1-10(21)19-16-14(12-5-3-4-6-13(12)23-16)15(22)18-8-11-7-17-9-20(11)2/h7,9H,3-6,8H2,1-2H3,(H,18,22)(H,19,21). The molecule has 1 aliphatic carbocycles. The van der Waals surface area contributed by atoms with Gasteiger partial charge in [0.25, 0.3) is 5.91 Å². The average Bonchev–Trinajstić information content (AvgIpc) is 3.07. The number of carbonyl (C=O) groups excluding carboxylic acids is 2. The molecule has 0 saturated heterocycles. The van der Waals surface area contributed by atoms with Gasteiger partial charge in [0, 0.05) is 25.0 Å². The number of amides is 2. The first-order valence-electron chi connectivity index (χ1n) is 7.71. The monoisotopic (exact) mass is 332 g/mol. The molecule has 0 radical (unpaired) electrons. The molecular weight excluding hydrogens is 312 g/mol. The zero-order chi connectivity index (χ0) is 16.4. The molecule has 2 aromatic rings. The summed E-state index contributed by atoms with van der Waals surface area (Å²) in [5.41, 5.74) is 2.68. The molecule has 0 bridgehead atoms. The van der Waals surface area contributed by atoms with Crippen LogP contribution in [0.5, 0.6) is 0 Å². The number of rotatable bonds is 4. The van der Waals surface area contributed by atoms with E-state index in [-0.39, 0.29) is 11.8 Å². The molecule has 23 heavy (non-hydrogen) atoms. The van der Waals surface area contributed by atoms with Crippen molar-refractivity contribution in [2.45, 2.75) is 39.2 Å². The number of carbonyl (C=O) groups is 2. The van der Waals surface area contributed by atoms with E-state index >= 15 is 0 Å². The molecule has 2 aromatic heterocycles. The molecule has 0 fully saturated rings. The number of hydrogen-bond acceptors (Lipinski definition) is 4. The fourth-order valence-corrected chi connectivity index (χ4v) is 4.20. The number of imidazole rings is 1. The van der Waals surface area contributed by atoms with Crippen LogP contribution in [0, 0.1) is 0 Å². The third-order valence-electron chi connectivity index (χ3n) is 4.03. The molecule has 122 valence electrons. The number of hydrogen-bond donors (Lipinski definition) is 2. The van der Waals surface area contributed by atoms with E-state index in [1.165, 1.54) is 23.1 Å². The minimum absolute atomic E-state index is 0.130. The van der Waals surface area contributed by atoms with Crippen molar-refractivity contribution in [2.24, 2.45) is 7.05 Å². The van der Waals surface area contributed by atoms with E-state index in [1.54, 1.807) is 12.5 Å². The van der Waals surface area contributed by atoms with Gasteiger partial charge in [0.1, 0.15) is 5.00 Å². The molecule has 0 spiro atoms. The molecule has 2 heterocycles. The second-order valence-electron chi connectivity index (χ2n) is 5.77. The van der Waals surface area contributed by atoms with Crippen molar-refractivity contribution in [1.29, 1.82) is 0 Å². The van der Waals surface area contributed by atoms with Crippen LogP contribution in [0.1, 0.15) is 46.3 Å². The normalized spacial score (nSPS) is 13.5. The largest absolute Gasteiger partial charge is 0.346 e. The first-order chi connectivity index (χ1) is 11.1. The van der Waals surface area contributed by atoms with Gasteiger partial charge in [-0.2, -0.15) is 0 Å². The van der Waals surface area contributed by atoms with Gasteiger partial charge in [-0.05, 0) is 31.2 Å². The SMILES string of the molecule is CC(=O)Nc1sc2c(c1C(=O)NCc1cncn1C)CCCC2. The van der Waals surface area contributed by atoms with Crippen LogP contribution in [-0.2, 0) is 31.2 Å². The van der Waals surface area contributed by atoms with E-state index in [2.05, 4.69) is 15.6 Å². The van der Waals surface area contributed by atoms with Crippen LogP contribution >= 0.6 is 11.3 Å². The lowest BCUT2D eigenvalue weighted by molar-refractivity contribution is -0.114. The number of aryl methyl sites for hydroxylation is 2. The first kappa shape index (κ1) is 15.7. The number of nitrogens with one attached hydrogen (secondary N) is 2. The summed E-state index contributed by atoms with van der Waals surface area (Å²) in [6, 6.07) is 0. The second kappa shape index (κ2) is 6.54. The van der Waals surface area contributed by atoms with Gasteiger partial charge >= 0.3 is 0 Å². The third kappa shape index (κ3) is 3.29. The van der Waals surface area contributed by atoms with Crippen LogP contribution in [0.2, 0.25) is 0 Å². The highest BCUT2D eigenvalue weighted by molar-refractivity contribution is 7.17. The lowest BCUT2D eigenvalue weighted by Gasteiger charge is -2.13. The van der Waals surface area contributed by atoms with Crippen molar-refractivity contribution in [3.63, 3.8) is 0 Å². The number of fused-ring (bicyclic) bond motifs is 1. The highest BCUT2D eigenvalue weighted by Gasteiger charge is 2.25. The molecule has 0 unspecified atom stereocenters. The Kier molecular flexibility index (Phi) is 4.47. The Labute approximate surface area is 138 Å². The van der Waals surface area contributed by atoms with E-state index in [0.717, 1.165) is 36.9 Å². The molecule has 3 rings (SSSR count). The van der Waals surface area contributed by atoms with Crippen molar-refractivity contribution < 1.29 is 9.59 Å². The summed E-state index contributed by atoms with van der Waals surface area (Å²) >= 11 is 1.53. The van der Waals surface area contributed by atoms with Crippen molar-refractivity contribution >= 4 is 28.2 Å². The predicted molar refractivity (Wildman–Crippen MR) is 89.6 cm³/mol. The first-order valence-corrected chi connectivity index (χ1v) is 8.53. The van der Waals surface area contributed by atoms with E-state index in [4.69, 9.17) is 0 Å².